The fourth-order valence-electron chi connectivity index (χ4n) is 3.64. The molecule has 5 rings (SSSR count). The first-order valence-electron chi connectivity index (χ1n) is 10.1. The van der Waals surface area contributed by atoms with Crippen molar-refractivity contribution in [3.63, 3.8) is 0 Å². The highest BCUT2D eigenvalue weighted by Crippen LogP contribution is 2.34. The monoisotopic (exact) mass is 446 g/mol. The summed E-state index contributed by atoms with van der Waals surface area (Å²) in [4.78, 5) is 8.85. The van der Waals surface area contributed by atoms with Crippen molar-refractivity contribution >= 4 is 11.6 Å². The van der Waals surface area contributed by atoms with Gasteiger partial charge in [-0.1, -0.05) is 17.5 Å². The first kappa shape index (κ1) is 20.2. The molecule has 8 nitrogen and oxygen atoms in total. The summed E-state index contributed by atoms with van der Waals surface area (Å²) in [5.74, 6) is 8.37. The van der Waals surface area contributed by atoms with E-state index < -0.39 is 0 Å². The van der Waals surface area contributed by atoms with Crippen molar-refractivity contribution in [3.05, 3.63) is 70.7 Å². The van der Waals surface area contributed by atoms with E-state index in [2.05, 4.69) is 32.0 Å². The molecule has 0 saturated heterocycles. The number of ether oxygens (including phenoxy) is 2. The Balaban J connectivity index is 1.60. The van der Waals surface area contributed by atoms with Gasteiger partial charge in [0.25, 0.3) is 0 Å². The van der Waals surface area contributed by atoms with Crippen molar-refractivity contribution in [1.82, 2.24) is 29.3 Å². The minimum atomic E-state index is 0.343. The molecule has 0 unspecified atom stereocenters. The third kappa shape index (κ3) is 3.62. The Bertz CT molecular complexity index is 1350. The summed E-state index contributed by atoms with van der Waals surface area (Å²) in [5, 5.41) is 9.36. The zero-order chi connectivity index (χ0) is 22.1. The van der Waals surface area contributed by atoms with E-state index in [1.807, 2.05) is 46.4 Å². The second-order valence-corrected chi connectivity index (χ2v) is 7.53. The molecule has 0 aliphatic carbocycles. The SMILES string of the molecule is CCOc1ccc(C#Cc2ncn3c2Cn2c(COC)nnc2-c2cc(Cl)ccc2-3)cn1. The maximum Gasteiger partial charge on any atom is 0.213 e. The summed E-state index contributed by atoms with van der Waals surface area (Å²) in [7, 11) is 1.63. The number of benzene rings is 1. The van der Waals surface area contributed by atoms with Crippen LogP contribution >= 0.6 is 11.6 Å². The highest BCUT2D eigenvalue weighted by molar-refractivity contribution is 6.31. The molecule has 0 atom stereocenters. The van der Waals surface area contributed by atoms with Crippen LogP contribution in [0.4, 0.5) is 0 Å². The van der Waals surface area contributed by atoms with Gasteiger partial charge in [-0.25, -0.2) is 9.97 Å². The molecule has 0 radical (unpaired) electrons. The second kappa shape index (κ2) is 8.46. The topological polar surface area (TPSA) is 79.9 Å². The van der Waals surface area contributed by atoms with Crippen LogP contribution in [0.1, 0.15) is 29.7 Å². The van der Waals surface area contributed by atoms with E-state index in [9.17, 15) is 0 Å². The first-order chi connectivity index (χ1) is 15.7. The summed E-state index contributed by atoms with van der Waals surface area (Å²) in [5.41, 5.74) is 4.17. The lowest BCUT2D eigenvalue weighted by Crippen LogP contribution is -2.09. The molecule has 9 heteroatoms. The Hall–Kier alpha value is -3.67. The number of aromatic nitrogens is 6. The molecule has 0 N–H and O–H groups in total. The van der Waals surface area contributed by atoms with Gasteiger partial charge in [0, 0.05) is 35.5 Å². The molecule has 4 heterocycles. The lowest BCUT2D eigenvalue weighted by Gasteiger charge is -2.08. The predicted molar refractivity (Wildman–Crippen MR) is 119 cm³/mol. The van der Waals surface area contributed by atoms with E-state index in [4.69, 9.17) is 21.1 Å². The van der Waals surface area contributed by atoms with Crippen LogP contribution in [0, 0.1) is 11.8 Å². The molecule has 3 aromatic heterocycles. The summed E-state index contributed by atoms with van der Waals surface area (Å²) < 4.78 is 14.8. The molecule has 1 aliphatic heterocycles. The van der Waals surface area contributed by atoms with Gasteiger partial charge in [0.2, 0.25) is 5.88 Å². The smallest absolute Gasteiger partial charge is 0.213 e. The van der Waals surface area contributed by atoms with Crippen LogP contribution in [-0.2, 0) is 17.9 Å². The van der Waals surface area contributed by atoms with Gasteiger partial charge in [-0.15, -0.1) is 10.2 Å². The van der Waals surface area contributed by atoms with E-state index in [1.165, 1.54) is 0 Å². The minimum absolute atomic E-state index is 0.343. The van der Waals surface area contributed by atoms with Crippen molar-refractivity contribution in [1.29, 1.82) is 0 Å². The van der Waals surface area contributed by atoms with Gasteiger partial charge in [0.05, 0.1) is 24.5 Å². The highest BCUT2D eigenvalue weighted by Gasteiger charge is 2.25. The predicted octanol–water partition coefficient (Wildman–Crippen LogP) is 3.49. The number of halogens is 1. The largest absolute Gasteiger partial charge is 0.478 e. The Kier molecular flexibility index (Phi) is 5.35. The first-order valence-corrected chi connectivity index (χ1v) is 10.4. The number of hydrogen-bond donors (Lipinski definition) is 0. The lowest BCUT2D eigenvalue weighted by molar-refractivity contribution is 0.174. The fraction of sp³-hybridized carbons (Fsp3) is 0.217. The molecule has 0 saturated carbocycles. The van der Waals surface area contributed by atoms with Crippen LogP contribution in [0.2, 0.25) is 5.02 Å². The van der Waals surface area contributed by atoms with E-state index in [0.717, 1.165) is 34.2 Å². The lowest BCUT2D eigenvalue weighted by atomic mass is 10.1. The number of hydrogen-bond acceptors (Lipinski definition) is 6. The van der Waals surface area contributed by atoms with Crippen LogP contribution in [-0.4, -0.2) is 43.0 Å². The molecule has 1 aliphatic rings. The normalized spacial score (nSPS) is 11.6. The van der Waals surface area contributed by atoms with Crippen LogP contribution in [0.15, 0.2) is 42.9 Å². The van der Waals surface area contributed by atoms with Crippen LogP contribution < -0.4 is 4.74 Å². The number of imidazole rings is 1. The van der Waals surface area contributed by atoms with Gasteiger partial charge in [-0.3, -0.25) is 4.57 Å². The average Bonchev–Trinajstić information content (AvgIpc) is 3.35. The number of nitrogens with zero attached hydrogens (tertiary/aromatic N) is 6. The van der Waals surface area contributed by atoms with Gasteiger partial charge in [0.15, 0.2) is 11.6 Å². The maximum absolute atomic E-state index is 6.30. The summed E-state index contributed by atoms with van der Waals surface area (Å²) >= 11 is 6.30. The third-order valence-corrected chi connectivity index (χ3v) is 5.32. The molecule has 4 aromatic rings. The molecule has 0 fully saturated rings. The third-order valence-electron chi connectivity index (χ3n) is 5.09. The summed E-state index contributed by atoms with van der Waals surface area (Å²) in [6.07, 6.45) is 3.47. The van der Waals surface area contributed by atoms with Crippen molar-refractivity contribution < 1.29 is 9.47 Å². The summed E-state index contributed by atoms with van der Waals surface area (Å²) in [6, 6.07) is 9.38. The van der Waals surface area contributed by atoms with Gasteiger partial charge in [-0.2, -0.15) is 0 Å². The van der Waals surface area contributed by atoms with Crippen LogP contribution in [0.5, 0.6) is 5.88 Å². The molecular formula is C23H19ClN6O2. The molecule has 0 bridgehead atoms. The Morgan fingerprint density at radius 3 is 2.81 bits per heavy atom. The standard InChI is InChI=1S/C23H19ClN6O2/c1-3-32-22-9-5-15(11-25-22)4-7-18-20-12-29-21(13-31-2)27-28-23(29)17-10-16(24)6-8-19(17)30(20)14-26-18/h5-6,8-11,14H,3,12-13H2,1-2H3. The highest BCUT2D eigenvalue weighted by atomic mass is 35.5. The molecular weight excluding hydrogens is 428 g/mol. The van der Waals surface area contributed by atoms with Gasteiger partial charge < -0.3 is 14.0 Å². The van der Waals surface area contributed by atoms with E-state index in [1.54, 1.807) is 19.6 Å². The summed E-state index contributed by atoms with van der Waals surface area (Å²) in [6.45, 7) is 3.33. The molecule has 32 heavy (non-hydrogen) atoms. The number of methoxy groups -OCH3 is 1. The Labute approximate surface area is 189 Å². The van der Waals surface area contributed by atoms with Gasteiger partial charge >= 0.3 is 0 Å². The van der Waals surface area contributed by atoms with E-state index >= 15 is 0 Å². The second-order valence-electron chi connectivity index (χ2n) is 7.10. The van der Waals surface area contributed by atoms with Crippen molar-refractivity contribution in [2.75, 3.05) is 13.7 Å². The average molecular weight is 447 g/mol. The van der Waals surface area contributed by atoms with E-state index in [0.29, 0.717) is 36.4 Å². The number of rotatable bonds is 4. The molecule has 160 valence electrons. The zero-order valence-corrected chi connectivity index (χ0v) is 18.3. The van der Waals surface area contributed by atoms with Crippen LogP contribution in [0.25, 0.3) is 17.1 Å². The van der Waals surface area contributed by atoms with Gasteiger partial charge in [0.1, 0.15) is 18.6 Å². The molecule has 0 amide bonds. The minimum Gasteiger partial charge on any atom is -0.478 e. The van der Waals surface area contributed by atoms with Crippen molar-refractivity contribution in [2.24, 2.45) is 0 Å². The quantitative estimate of drug-likeness (QED) is 0.393. The fourth-order valence-corrected chi connectivity index (χ4v) is 3.81. The van der Waals surface area contributed by atoms with Crippen molar-refractivity contribution in [3.8, 4) is 34.8 Å². The van der Waals surface area contributed by atoms with Crippen LogP contribution in [0.3, 0.4) is 0 Å². The number of pyridine rings is 1. The van der Waals surface area contributed by atoms with Crippen molar-refractivity contribution in [2.45, 2.75) is 20.1 Å². The van der Waals surface area contributed by atoms with Gasteiger partial charge in [-0.05, 0) is 37.1 Å². The Morgan fingerprint density at radius 2 is 2.03 bits per heavy atom. The molecule has 0 spiro atoms. The Morgan fingerprint density at radius 1 is 1.12 bits per heavy atom. The van der Waals surface area contributed by atoms with E-state index in [-0.39, 0.29) is 0 Å². The zero-order valence-electron chi connectivity index (χ0n) is 17.5. The molecule has 1 aromatic carbocycles. The maximum atomic E-state index is 6.30. The number of fused-ring (bicyclic) bond motifs is 5.